The molecule has 3 fully saturated rings. The first-order chi connectivity index (χ1) is 24.6. The Labute approximate surface area is 300 Å². The summed E-state index contributed by atoms with van der Waals surface area (Å²) in [5.74, 6) is 1.41. The summed E-state index contributed by atoms with van der Waals surface area (Å²) in [7, 11) is -0.637. The summed E-state index contributed by atoms with van der Waals surface area (Å²) in [6, 6.07) is 14.0. The molecule has 3 aromatic rings. The monoisotopic (exact) mass is 719 g/mol. The largest absolute Gasteiger partial charge is 0.446 e. The number of nitrogens with two attached hydrogens (primary N) is 1. The van der Waals surface area contributed by atoms with Crippen molar-refractivity contribution in [2.45, 2.75) is 62.0 Å². The average molecular weight is 720 g/mol. The van der Waals surface area contributed by atoms with E-state index in [2.05, 4.69) is 35.7 Å². The van der Waals surface area contributed by atoms with E-state index in [0.717, 1.165) is 88.1 Å². The van der Waals surface area contributed by atoms with Gasteiger partial charge in [0.2, 0.25) is 9.84 Å². The van der Waals surface area contributed by atoms with E-state index < -0.39 is 21.3 Å². The van der Waals surface area contributed by atoms with Crippen molar-refractivity contribution in [2.24, 2.45) is 28.5 Å². The molecule has 2 saturated heterocycles. The number of sulfone groups is 1. The van der Waals surface area contributed by atoms with Crippen LogP contribution in [-0.2, 0) is 26.5 Å². The number of amides is 1. The molecule has 0 spiro atoms. The molecule has 1 unspecified atom stereocenters. The van der Waals surface area contributed by atoms with Gasteiger partial charge in [-0.05, 0) is 100.0 Å². The lowest BCUT2D eigenvalue weighted by molar-refractivity contribution is 0.00168. The minimum Gasteiger partial charge on any atom is -0.446 e. The summed E-state index contributed by atoms with van der Waals surface area (Å²) < 4.78 is 49.1. The normalized spacial score (nSPS) is 22.2. The number of benzene rings is 2. The molecule has 1 amide bonds. The average Bonchev–Trinajstić information content (AvgIpc) is 3.75. The Morgan fingerprint density at radius 1 is 1.14 bits per heavy atom. The molecule has 51 heavy (non-hydrogen) atoms. The molecule has 0 bridgehead atoms. The summed E-state index contributed by atoms with van der Waals surface area (Å²) in [5, 5.41) is 2.63. The Hall–Kier alpha value is -4.23. The lowest BCUT2D eigenvalue weighted by Gasteiger charge is -2.51. The molecule has 3 heterocycles. The number of nitrogens with one attached hydrogen (secondary N) is 1. The number of hydrogen-bond donors (Lipinski definition) is 2. The first kappa shape index (κ1) is 36.6. The third-order valence-corrected chi connectivity index (χ3v) is 13.1. The fraction of sp³-hybridized carbons (Fsp3) is 0.500. The van der Waals surface area contributed by atoms with Crippen LogP contribution in [0.5, 0.6) is 0 Å². The number of anilines is 1. The number of alkyl carbamates (subject to hydrolysis) is 1. The standard InChI is InChI=1S/C38H50FN7O4S/c1-27-43-16-19-45(27)26-38(30-6-4-7-31(39)20-30,35-8-5-9-36(35)50-37(47)42-3)29-14-17-44(18-15-29)23-28-24-46(25-28)32-10-12-33(13-11-32)51(48,49)34(21-40)22-41-2/h4,6-7,10-13,16,19-22,28-29,35-36H,5,8-9,14-15,17-18,23-26,40H2,1-3H3,(H,42,47)/t35-,36-,38?/m1/s1. The molecule has 1 aliphatic carbocycles. The minimum atomic E-state index is -3.73. The highest BCUT2D eigenvalue weighted by Gasteiger charge is 2.53. The van der Waals surface area contributed by atoms with E-state index in [1.165, 1.54) is 19.3 Å². The molecule has 6 rings (SSSR count). The third kappa shape index (κ3) is 7.55. The molecule has 3 N–H and O–H groups in total. The van der Waals surface area contributed by atoms with Crippen LogP contribution in [0, 0.1) is 30.5 Å². The number of aryl methyl sites for hydroxylation is 1. The topological polar surface area (TPSA) is 135 Å². The molecular weight excluding hydrogens is 670 g/mol. The number of imidazole rings is 1. The maximum absolute atomic E-state index is 15.1. The van der Waals surface area contributed by atoms with Gasteiger partial charge in [-0.25, -0.2) is 22.6 Å². The minimum absolute atomic E-state index is 0.0224. The number of aromatic nitrogens is 2. The number of nitrogens with zero attached hydrogens (tertiary/aromatic N) is 5. The number of ether oxygens (including phenoxy) is 1. The van der Waals surface area contributed by atoms with Crippen molar-refractivity contribution >= 4 is 27.8 Å². The Balaban J connectivity index is 1.16. The van der Waals surface area contributed by atoms with E-state index in [-0.39, 0.29) is 33.6 Å². The summed E-state index contributed by atoms with van der Waals surface area (Å²) in [4.78, 5) is 25.8. The molecular formula is C38H50FN7O4S. The van der Waals surface area contributed by atoms with Crippen LogP contribution in [0.3, 0.4) is 0 Å². The van der Waals surface area contributed by atoms with Gasteiger partial charge >= 0.3 is 6.09 Å². The summed E-state index contributed by atoms with van der Waals surface area (Å²) in [6.45, 7) is 7.28. The second-order valence-electron chi connectivity index (χ2n) is 14.2. The second kappa shape index (κ2) is 15.6. The van der Waals surface area contributed by atoms with Gasteiger partial charge in [0.25, 0.3) is 0 Å². The highest BCUT2D eigenvalue weighted by atomic mass is 32.2. The van der Waals surface area contributed by atoms with Crippen LogP contribution in [0.15, 0.2) is 81.9 Å². The van der Waals surface area contributed by atoms with Gasteiger partial charge in [0.15, 0.2) is 0 Å². The lowest BCUT2D eigenvalue weighted by atomic mass is 9.58. The highest BCUT2D eigenvalue weighted by Crippen LogP contribution is 2.52. The predicted octanol–water partition coefficient (Wildman–Crippen LogP) is 4.92. The van der Waals surface area contributed by atoms with Crippen LogP contribution in [0.4, 0.5) is 14.9 Å². The maximum Gasteiger partial charge on any atom is 0.407 e. The molecule has 0 radical (unpaired) electrons. The zero-order valence-corrected chi connectivity index (χ0v) is 30.6. The van der Waals surface area contributed by atoms with Gasteiger partial charge in [0, 0.05) is 88.0 Å². The van der Waals surface area contributed by atoms with E-state index in [1.807, 2.05) is 37.5 Å². The van der Waals surface area contributed by atoms with Crippen molar-refractivity contribution in [1.82, 2.24) is 19.8 Å². The van der Waals surface area contributed by atoms with Crippen molar-refractivity contribution in [3.05, 3.63) is 89.2 Å². The number of aliphatic imine (C=N–C) groups is 1. The zero-order chi connectivity index (χ0) is 36.2. The maximum atomic E-state index is 15.1. The van der Waals surface area contributed by atoms with Crippen LogP contribution in [0.25, 0.3) is 0 Å². The quantitative estimate of drug-likeness (QED) is 0.252. The van der Waals surface area contributed by atoms with Crippen molar-refractivity contribution in [3.8, 4) is 0 Å². The number of allylic oxidation sites excluding steroid dienone is 1. The molecule has 11 nitrogen and oxygen atoms in total. The van der Waals surface area contributed by atoms with Crippen molar-refractivity contribution in [1.29, 1.82) is 0 Å². The van der Waals surface area contributed by atoms with Crippen molar-refractivity contribution in [3.63, 3.8) is 0 Å². The zero-order valence-electron chi connectivity index (χ0n) is 29.7. The SMILES string of the molecule is CN=CC(=CN)S(=O)(=O)c1ccc(N2CC(CN3CCC(C(Cn4ccnc4C)(c4cccc(F)c4)[C@@H]4CCC[C@H]4OC(=O)NC)CC3)C2)cc1. The number of piperidine rings is 1. The molecule has 2 aliphatic heterocycles. The summed E-state index contributed by atoms with van der Waals surface area (Å²) in [5.41, 5.74) is 7.04. The van der Waals surface area contributed by atoms with Gasteiger partial charge in [-0.1, -0.05) is 12.1 Å². The number of halogens is 1. The summed E-state index contributed by atoms with van der Waals surface area (Å²) >= 11 is 0. The number of likely N-dealkylation sites (tertiary alicyclic amines) is 1. The Kier molecular flexibility index (Phi) is 11.2. The van der Waals surface area contributed by atoms with Gasteiger partial charge in [-0.2, -0.15) is 0 Å². The number of carbonyl (C=O) groups excluding carboxylic acids is 1. The lowest BCUT2D eigenvalue weighted by Crippen LogP contribution is -2.55. The van der Waals surface area contributed by atoms with E-state index >= 15 is 4.39 Å². The molecule has 2 aromatic carbocycles. The van der Waals surface area contributed by atoms with E-state index in [0.29, 0.717) is 12.5 Å². The number of hydrogen-bond acceptors (Lipinski definition) is 9. The Morgan fingerprint density at radius 2 is 1.88 bits per heavy atom. The molecule has 13 heteroatoms. The first-order valence-electron chi connectivity index (χ1n) is 17.9. The van der Waals surface area contributed by atoms with Crippen LogP contribution < -0.4 is 16.0 Å². The Bertz CT molecular complexity index is 1830. The number of rotatable bonds is 12. The van der Waals surface area contributed by atoms with Crippen LogP contribution in [0.2, 0.25) is 0 Å². The van der Waals surface area contributed by atoms with Crippen molar-refractivity contribution < 1.29 is 22.3 Å². The fourth-order valence-electron chi connectivity index (χ4n) is 8.77. The summed E-state index contributed by atoms with van der Waals surface area (Å²) in [6.07, 6.45) is 9.96. The van der Waals surface area contributed by atoms with Crippen LogP contribution in [-0.4, -0.2) is 88.1 Å². The fourth-order valence-corrected chi connectivity index (χ4v) is 9.96. The van der Waals surface area contributed by atoms with E-state index in [4.69, 9.17) is 10.5 Å². The molecule has 274 valence electrons. The van der Waals surface area contributed by atoms with E-state index in [9.17, 15) is 13.2 Å². The molecule has 3 aliphatic rings. The predicted molar refractivity (Wildman–Crippen MR) is 197 cm³/mol. The Morgan fingerprint density at radius 3 is 2.51 bits per heavy atom. The van der Waals surface area contributed by atoms with Gasteiger partial charge in [-0.3, -0.25) is 4.99 Å². The van der Waals surface area contributed by atoms with Gasteiger partial charge in [-0.15, -0.1) is 0 Å². The van der Waals surface area contributed by atoms with Gasteiger partial charge in [0.1, 0.15) is 22.7 Å². The molecule has 1 aromatic heterocycles. The molecule has 3 atom stereocenters. The van der Waals surface area contributed by atoms with Gasteiger partial charge in [0.05, 0.1) is 4.90 Å². The smallest absolute Gasteiger partial charge is 0.407 e. The van der Waals surface area contributed by atoms with Crippen LogP contribution in [0.1, 0.15) is 43.5 Å². The first-order valence-corrected chi connectivity index (χ1v) is 19.4. The van der Waals surface area contributed by atoms with Gasteiger partial charge < -0.3 is 30.2 Å². The van der Waals surface area contributed by atoms with Crippen LogP contribution >= 0.6 is 0 Å². The van der Waals surface area contributed by atoms with E-state index in [1.54, 1.807) is 25.2 Å². The highest BCUT2D eigenvalue weighted by molar-refractivity contribution is 7.96. The van der Waals surface area contributed by atoms with Crippen molar-refractivity contribution in [2.75, 3.05) is 51.7 Å². The number of carbonyl (C=O) groups is 1. The third-order valence-electron chi connectivity index (χ3n) is 11.3. The molecule has 1 saturated carbocycles. The second-order valence-corrected chi connectivity index (χ2v) is 16.1.